The molecule has 19 heavy (non-hydrogen) atoms. The van der Waals surface area contributed by atoms with Crippen molar-refractivity contribution in [3.63, 3.8) is 0 Å². The normalized spacial score (nSPS) is 10.0. The molecule has 1 heterocycles. The number of aromatic nitrogens is 2. The number of rotatable bonds is 3. The van der Waals surface area contributed by atoms with E-state index in [1.54, 1.807) is 18.2 Å². The van der Waals surface area contributed by atoms with Crippen LogP contribution in [0.5, 0.6) is 5.75 Å². The van der Waals surface area contributed by atoms with E-state index in [1.165, 1.54) is 19.4 Å². The summed E-state index contributed by atoms with van der Waals surface area (Å²) >= 11 is 5.71. The summed E-state index contributed by atoms with van der Waals surface area (Å²) in [6, 6.07) is 6.41. The van der Waals surface area contributed by atoms with Gasteiger partial charge >= 0.3 is 0 Å². The van der Waals surface area contributed by atoms with Crippen molar-refractivity contribution in [2.75, 3.05) is 18.2 Å². The molecule has 0 aliphatic carbocycles. The molecule has 98 valence electrons. The topological polar surface area (TPSA) is 90.1 Å². The van der Waals surface area contributed by atoms with Gasteiger partial charge in [-0.25, -0.2) is 9.97 Å². The molecule has 2 rings (SSSR count). The van der Waals surface area contributed by atoms with Crippen molar-refractivity contribution in [1.29, 1.82) is 0 Å². The molecular weight excluding hydrogens is 268 g/mol. The number of benzene rings is 1. The van der Waals surface area contributed by atoms with Crippen LogP contribution in [0.15, 0.2) is 30.5 Å². The number of halogens is 1. The minimum atomic E-state index is -0.425. The fourth-order valence-electron chi connectivity index (χ4n) is 1.53. The second-order valence-electron chi connectivity index (χ2n) is 3.59. The Morgan fingerprint density at radius 1 is 1.42 bits per heavy atom. The molecule has 1 aromatic carbocycles. The molecule has 0 unspecified atom stereocenters. The number of carbonyl (C=O) groups is 1. The molecule has 0 aliphatic heterocycles. The lowest BCUT2D eigenvalue weighted by Gasteiger charge is -2.10. The summed E-state index contributed by atoms with van der Waals surface area (Å²) in [6.45, 7) is 0. The van der Waals surface area contributed by atoms with E-state index in [4.69, 9.17) is 22.1 Å². The van der Waals surface area contributed by atoms with Crippen LogP contribution in [-0.4, -0.2) is 23.0 Å². The van der Waals surface area contributed by atoms with Crippen molar-refractivity contribution in [3.8, 4) is 5.75 Å². The van der Waals surface area contributed by atoms with Crippen molar-refractivity contribution >= 4 is 29.1 Å². The van der Waals surface area contributed by atoms with E-state index in [0.29, 0.717) is 17.0 Å². The molecule has 0 saturated carbocycles. The minimum Gasteiger partial charge on any atom is -0.494 e. The van der Waals surface area contributed by atoms with Crippen molar-refractivity contribution < 1.29 is 9.53 Å². The van der Waals surface area contributed by atoms with Crippen LogP contribution in [0.4, 0.5) is 11.6 Å². The van der Waals surface area contributed by atoms with Crippen LogP contribution >= 0.6 is 11.6 Å². The molecule has 0 fully saturated rings. The average molecular weight is 279 g/mol. The first kappa shape index (κ1) is 13.1. The van der Waals surface area contributed by atoms with Crippen LogP contribution in [0, 0.1) is 0 Å². The van der Waals surface area contributed by atoms with Gasteiger partial charge in [-0.3, -0.25) is 10.1 Å². The molecule has 1 aromatic heterocycles. The zero-order valence-electron chi connectivity index (χ0n) is 10.1. The van der Waals surface area contributed by atoms with Gasteiger partial charge in [0.15, 0.2) is 5.75 Å². The summed E-state index contributed by atoms with van der Waals surface area (Å²) in [5.74, 6) is -0.00424. The number of anilines is 2. The van der Waals surface area contributed by atoms with E-state index in [-0.39, 0.29) is 11.1 Å². The second kappa shape index (κ2) is 5.53. The highest BCUT2D eigenvalue weighted by Gasteiger charge is 2.15. The number of amides is 1. The smallest absolute Gasteiger partial charge is 0.261 e. The van der Waals surface area contributed by atoms with Crippen molar-refractivity contribution in [2.45, 2.75) is 0 Å². The number of nitrogens with one attached hydrogen (secondary N) is 1. The number of hydrogen-bond donors (Lipinski definition) is 2. The Balaban J connectivity index is 2.28. The van der Waals surface area contributed by atoms with Crippen molar-refractivity contribution in [1.82, 2.24) is 9.97 Å². The van der Waals surface area contributed by atoms with Crippen molar-refractivity contribution in [3.05, 3.63) is 41.2 Å². The summed E-state index contributed by atoms with van der Waals surface area (Å²) < 4.78 is 5.11. The van der Waals surface area contributed by atoms with Gasteiger partial charge < -0.3 is 10.5 Å². The van der Waals surface area contributed by atoms with Gasteiger partial charge in [0, 0.05) is 6.20 Å². The zero-order chi connectivity index (χ0) is 13.8. The number of nitrogen functional groups attached to an aromatic ring is 1. The third-order valence-electron chi connectivity index (χ3n) is 2.34. The quantitative estimate of drug-likeness (QED) is 0.662. The maximum atomic E-state index is 12.1. The number of carbonyl (C=O) groups excluding carboxylic acids is 1. The summed E-state index contributed by atoms with van der Waals surface area (Å²) in [4.78, 5) is 19.8. The average Bonchev–Trinajstić information content (AvgIpc) is 2.38. The highest BCUT2D eigenvalue weighted by atomic mass is 35.5. The first-order valence-corrected chi connectivity index (χ1v) is 5.72. The standard InChI is InChI=1S/C12H11ClN4O2/c1-19-10-7(3-2-4-8(10)14)11(18)17-12-15-6-5-9(13)16-12/h2-6H,14H2,1H3,(H,15,16,17,18). The molecule has 7 heteroatoms. The Kier molecular flexibility index (Phi) is 3.82. The van der Waals surface area contributed by atoms with Gasteiger partial charge in [0.1, 0.15) is 5.15 Å². The maximum absolute atomic E-state index is 12.1. The third-order valence-corrected chi connectivity index (χ3v) is 2.55. The fourth-order valence-corrected chi connectivity index (χ4v) is 1.66. The van der Waals surface area contributed by atoms with E-state index in [1.807, 2.05) is 0 Å². The molecule has 0 saturated heterocycles. The number of para-hydroxylation sites is 1. The molecule has 3 N–H and O–H groups in total. The molecule has 0 atom stereocenters. The predicted molar refractivity (Wildman–Crippen MR) is 72.4 cm³/mol. The number of nitrogens with two attached hydrogens (primary N) is 1. The maximum Gasteiger partial charge on any atom is 0.261 e. The fraction of sp³-hybridized carbons (Fsp3) is 0.0833. The summed E-state index contributed by atoms with van der Waals surface area (Å²) in [5.41, 5.74) is 6.40. The van der Waals surface area contributed by atoms with Crippen LogP contribution in [0.3, 0.4) is 0 Å². The Morgan fingerprint density at radius 3 is 2.89 bits per heavy atom. The molecular formula is C12H11ClN4O2. The SMILES string of the molecule is COc1c(N)cccc1C(=O)Nc1nccc(Cl)n1. The molecule has 1 amide bonds. The van der Waals surface area contributed by atoms with Crippen LogP contribution in [0.2, 0.25) is 5.15 Å². The molecule has 2 aromatic rings. The van der Waals surface area contributed by atoms with Gasteiger partial charge in [0.05, 0.1) is 18.4 Å². The molecule has 0 spiro atoms. The molecule has 0 bridgehead atoms. The van der Waals surface area contributed by atoms with Gasteiger partial charge in [-0.05, 0) is 18.2 Å². The van der Waals surface area contributed by atoms with Crippen molar-refractivity contribution in [2.24, 2.45) is 0 Å². The van der Waals surface area contributed by atoms with E-state index < -0.39 is 5.91 Å². The summed E-state index contributed by atoms with van der Waals surface area (Å²) in [7, 11) is 1.44. The summed E-state index contributed by atoms with van der Waals surface area (Å²) in [6.07, 6.45) is 1.45. The van der Waals surface area contributed by atoms with Crippen LogP contribution in [-0.2, 0) is 0 Å². The van der Waals surface area contributed by atoms with Crippen LogP contribution in [0.25, 0.3) is 0 Å². The number of ether oxygens (including phenoxy) is 1. The molecule has 0 radical (unpaired) electrons. The van der Waals surface area contributed by atoms with Crippen LogP contribution in [0.1, 0.15) is 10.4 Å². The number of hydrogen-bond acceptors (Lipinski definition) is 5. The minimum absolute atomic E-state index is 0.113. The Hall–Kier alpha value is -2.34. The highest BCUT2D eigenvalue weighted by Crippen LogP contribution is 2.26. The van der Waals surface area contributed by atoms with Crippen LogP contribution < -0.4 is 15.8 Å². The van der Waals surface area contributed by atoms with Gasteiger partial charge in [0.2, 0.25) is 5.95 Å². The first-order valence-electron chi connectivity index (χ1n) is 5.34. The second-order valence-corrected chi connectivity index (χ2v) is 3.97. The number of methoxy groups -OCH3 is 1. The zero-order valence-corrected chi connectivity index (χ0v) is 10.8. The lowest BCUT2D eigenvalue weighted by Crippen LogP contribution is -2.15. The Bertz CT molecular complexity index is 618. The lowest BCUT2D eigenvalue weighted by atomic mass is 10.1. The summed E-state index contributed by atoms with van der Waals surface area (Å²) in [5, 5.41) is 2.76. The predicted octanol–water partition coefficient (Wildman–Crippen LogP) is 1.97. The van der Waals surface area contributed by atoms with E-state index in [2.05, 4.69) is 15.3 Å². The highest BCUT2D eigenvalue weighted by molar-refractivity contribution is 6.29. The van der Waals surface area contributed by atoms with E-state index >= 15 is 0 Å². The largest absolute Gasteiger partial charge is 0.494 e. The van der Waals surface area contributed by atoms with Gasteiger partial charge in [-0.15, -0.1) is 0 Å². The van der Waals surface area contributed by atoms with E-state index in [0.717, 1.165) is 0 Å². The van der Waals surface area contributed by atoms with Gasteiger partial charge in [-0.2, -0.15) is 0 Å². The molecule has 6 nitrogen and oxygen atoms in total. The Labute approximate surface area is 114 Å². The lowest BCUT2D eigenvalue weighted by molar-refractivity contribution is 0.102. The molecule has 0 aliphatic rings. The Morgan fingerprint density at radius 2 is 2.21 bits per heavy atom. The first-order chi connectivity index (χ1) is 9.11. The van der Waals surface area contributed by atoms with Gasteiger partial charge in [0.25, 0.3) is 5.91 Å². The third kappa shape index (κ3) is 2.92. The van der Waals surface area contributed by atoms with Gasteiger partial charge in [-0.1, -0.05) is 17.7 Å². The number of nitrogens with zero attached hydrogens (tertiary/aromatic N) is 2. The monoisotopic (exact) mass is 278 g/mol. The van der Waals surface area contributed by atoms with E-state index in [9.17, 15) is 4.79 Å².